The van der Waals surface area contributed by atoms with E-state index in [1.54, 1.807) is 6.34 Å². The summed E-state index contributed by atoms with van der Waals surface area (Å²) in [4.78, 5) is 4.05. The molecule has 0 aromatic rings. The van der Waals surface area contributed by atoms with Crippen LogP contribution in [0.3, 0.4) is 0 Å². The number of hydrogen-bond acceptors (Lipinski definition) is 2. The van der Waals surface area contributed by atoms with E-state index in [1.807, 2.05) is 0 Å². The maximum absolute atomic E-state index is 12.0. The van der Waals surface area contributed by atoms with Gasteiger partial charge in [-0.3, -0.25) is 0 Å². The number of hydrogen-bond donors (Lipinski definition) is 0. The standard InChI is InChI=1S/C9H16N2O/c12-11(7-6-10-8-11)9-4-2-1-3-5-9/h8-9H,1-7H2. The van der Waals surface area contributed by atoms with Crippen LogP contribution >= 0.6 is 0 Å². The molecule has 68 valence electrons. The molecule has 0 radical (unpaired) electrons. The van der Waals surface area contributed by atoms with Gasteiger partial charge < -0.3 is 9.85 Å². The van der Waals surface area contributed by atoms with E-state index in [1.165, 1.54) is 19.3 Å². The smallest absolute Gasteiger partial charge is 0.185 e. The Morgan fingerprint density at radius 2 is 2.00 bits per heavy atom. The third kappa shape index (κ3) is 1.39. The minimum atomic E-state index is -0.125. The predicted octanol–water partition coefficient (Wildman–Crippen LogP) is 1.68. The molecule has 3 heteroatoms. The summed E-state index contributed by atoms with van der Waals surface area (Å²) in [5.41, 5.74) is 0. The van der Waals surface area contributed by atoms with Crippen LogP contribution in [0.5, 0.6) is 0 Å². The van der Waals surface area contributed by atoms with E-state index in [4.69, 9.17) is 0 Å². The summed E-state index contributed by atoms with van der Waals surface area (Å²) < 4.78 is -0.125. The number of rotatable bonds is 1. The van der Waals surface area contributed by atoms with Gasteiger partial charge >= 0.3 is 0 Å². The fourth-order valence-electron chi connectivity index (χ4n) is 2.26. The Hall–Kier alpha value is -0.410. The third-order valence-electron chi connectivity index (χ3n) is 3.05. The van der Waals surface area contributed by atoms with E-state index in [-0.39, 0.29) is 4.65 Å². The SMILES string of the molecule is [O-][N+]1(C2CCCCC2)C=NCC1. The highest BCUT2D eigenvalue weighted by atomic mass is 16.5. The zero-order chi connectivity index (χ0) is 8.44. The normalized spacial score (nSPS) is 37.4. The first kappa shape index (κ1) is 8.20. The van der Waals surface area contributed by atoms with Crippen LogP contribution in [0.4, 0.5) is 0 Å². The van der Waals surface area contributed by atoms with Gasteiger partial charge in [-0.15, -0.1) is 0 Å². The van der Waals surface area contributed by atoms with Crippen molar-refractivity contribution in [3.8, 4) is 0 Å². The molecule has 1 saturated carbocycles. The number of aliphatic imine (C=N–C) groups is 1. The van der Waals surface area contributed by atoms with Crippen molar-refractivity contribution in [1.29, 1.82) is 0 Å². The molecule has 3 nitrogen and oxygen atoms in total. The summed E-state index contributed by atoms with van der Waals surface area (Å²) in [6, 6.07) is 0.324. The van der Waals surface area contributed by atoms with Crippen molar-refractivity contribution in [2.75, 3.05) is 13.1 Å². The fraction of sp³-hybridized carbons (Fsp3) is 0.889. The second kappa shape index (κ2) is 3.15. The highest BCUT2D eigenvalue weighted by Crippen LogP contribution is 2.27. The molecule has 12 heavy (non-hydrogen) atoms. The van der Waals surface area contributed by atoms with E-state index < -0.39 is 0 Å². The van der Waals surface area contributed by atoms with Crippen LogP contribution in [0.25, 0.3) is 0 Å². The van der Waals surface area contributed by atoms with Crippen LogP contribution < -0.4 is 0 Å². The summed E-state index contributed by atoms with van der Waals surface area (Å²) >= 11 is 0. The molecule has 0 aromatic carbocycles. The molecule has 0 amide bonds. The van der Waals surface area contributed by atoms with Crippen LogP contribution in [-0.4, -0.2) is 30.1 Å². The Bertz CT molecular complexity index is 187. The molecule has 1 unspecified atom stereocenters. The summed E-state index contributed by atoms with van der Waals surface area (Å²) in [5.74, 6) is 0. The molecule has 0 saturated heterocycles. The zero-order valence-electron chi connectivity index (χ0n) is 7.41. The van der Waals surface area contributed by atoms with Gasteiger partial charge in [0.05, 0.1) is 12.6 Å². The fourth-order valence-corrected chi connectivity index (χ4v) is 2.26. The maximum Gasteiger partial charge on any atom is 0.185 e. The van der Waals surface area contributed by atoms with Crippen molar-refractivity contribution in [2.24, 2.45) is 4.99 Å². The Morgan fingerprint density at radius 1 is 1.25 bits per heavy atom. The summed E-state index contributed by atoms with van der Waals surface area (Å²) in [5, 5.41) is 12.0. The monoisotopic (exact) mass is 168 g/mol. The molecule has 0 spiro atoms. The summed E-state index contributed by atoms with van der Waals surface area (Å²) in [7, 11) is 0. The van der Waals surface area contributed by atoms with Crippen LogP contribution in [0, 0.1) is 5.21 Å². The van der Waals surface area contributed by atoms with E-state index in [9.17, 15) is 5.21 Å². The average molecular weight is 168 g/mol. The van der Waals surface area contributed by atoms with Gasteiger partial charge in [0.2, 0.25) is 0 Å². The summed E-state index contributed by atoms with van der Waals surface area (Å²) in [6.07, 6.45) is 7.62. The molecule has 1 atom stereocenters. The van der Waals surface area contributed by atoms with E-state index >= 15 is 0 Å². The zero-order valence-corrected chi connectivity index (χ0v) is 7.41. The molecule has 0 aromatic heterocycles. The lowest BCUT2D eigenvalue weighted by Gasteiger charge is -2.43. The van der Waals surface area contributed by atoms with Gasteiger partial charge in [-0.05, 0) is 12.8 Å². The minimum Gasteiger partial charge on any atom is -0.626 e. The first-order valence-corrected chi connectivity index (χ1v) is 4.91. The van der Waals surface area contributed by atoms with Crippen LogP contribution in [0.1, 0.15) is 32.1 Å². The molecule has 2 rings (SSSR count). The van der Waals surface area contributed by atoms with Crippen molar-refractivity contribution in [1.82, 2.24) is 0 Å². The highest BCUT2D eigenvalue weighted by molar-refractivity contribution is 5.48. The van der Waals surface area contributed by atoms with Crippen molar-refractivity contribution in [3.05, 3.63) is 5.21 Å². The summed E-state index contributed by atoms with van der Waals surface area (Å²) in [6.45, 7) is 1.42. The molecular formula is C9H16N2O. The number of nitrogens with zero attached hydrogens (tertiary/aromatic N) is 2. The van der Waals surface area contributed by atoms with Gasteiger partial charge in [-0.2, -0.15) is 0 Å². The second-order valence-electron chi connectivity index (χ2n) is 3.89. The van der Waals surface area contributed by atoms with Crippen molar-refractivity contribution in [3.63, 3.8) is 0 Å². The van der Waals surface area contributed by atoms with E-state index in [2.05, 4.69) is 4.99 Å². The Balaban J connectivity index is 2.01. The lowest BCUT2D eigenvalue weighted by atomic mass is 9.94. The number of hydroxylamine groups is 3. The van der Waals surface area contributed by atoms with E-state index in [0.29, 0.717) is 12.6 Å². The van der Waals surface area contributed by atoms with Crippen molar-refractivity contribution < 1.29 is 4.65 Å². The topological polar surface area (TPSA) is 35.4 Å². The average Bonchev–Trinajstić information content (AvgIpc) is 2.55. The lowest BCUT2D eigenvalue weighted by Crippen LogP contribution is -2.49. The molecule has 2 aliphatic rings. The first-order valence-electron chi connectivity index (χ1n) is 4.91. The molecule has 1 fully saturated rings. The Labute approximate surface area is 73.3 Å². The molecule has 0 N–H and O–H groups in total. The van der Waals surface area contributed by atoms with Crippen LogP contribution in [0.2, 0.25) is 0 Å². The molecule has 1 aliphatic carbocycles. The largest absolute Gasteiger partial charge is 0.626 e. The van der Waals surface area contributed by atoms with Crippen molar-refractivity contribution >= 4 is 6.34 Å². The van der Waals surface area contributed by atoms with Crippen molar-refractivity contribution in [2.45, 2.75) is 38.1 Å². The molecular weight excluding hydrogens is 152 g/mol. The molecule has 1 aliphatic heterocycles. The van der Waals surface area contributed by atoms with Gasteiger partial charge in [0.25, 0.3) is 0 Å². The van der Waals surface area contributed by atoms with Gasteiger partial charge in [0.1, 0.15) is 6.54 Å². The quantitative estimate of drug-likeness (QED) is 0.433. The maximum atomic E-state index is 12.0. The number of quaternary nitrogens is 1. The van der Waals surface area contributed by atoms with Gasteiger partial charge in [-0.1, -0.05) is 6.42 Å². The van der Waals surface area contributed by atoms with Gasteiger partial charge in [0, 0.05) is 12.8 Å². The van der Waals surface area contributed by atoms with Gasteiger partial charge in [-0.25, -0.2) is 4.99 Å². The Kier molecular flexibility index (Phi) is 2.15. The van der Waals surface area contributed by atoms with Crippen LogP contribution in [-0.2, 0) is 0 Å². The Morgan fingerprint density at radius 3 is 2.58 bits per heavy atom. The molecule has 1 heterocycles. The highest BCUT2D eigenvalue weighted by Gasteiger charge is 2.31. The van der Waals surface area contributed by atoms with E-state index in [0.717, 1.165) is 19.4 Å². The third-order valence-corrected chi connectivity index (χ3v) is 3.05. The van der Waals surface area contributed by atoms with Gasteiger partial charge in [0.15, 0.2) is 6.34 Å². The minimum absolute atomic E-state index is 0.125. The first-order chi connectivity index (χ1) is 5.81. The van der Waals surface area contributed by atoms with Crippen LogP contribution in [0.15, 0.2) is 4.99 Å². The second-order valence-corrected chi connectivity index (χ2v) is 3.89. The predicted molar refractivity (Wildman–Crippen MR) is 48.7 cm³/mol. The lowest BCUT2D eigenvalue weighted by molar-refractivity contribution is -0.806. The molecule has 0 bridgehead atoms.